The van der Waals surface area contributed by atoms with E-state index in [0.717, 1.165) is 58.6 Å². The van der Waals surface area contributed by atoms with Crippen LogP contribution in [0.25, 0.3) is 16.8 Å². The molecule has 1 fully saturated rings. The number of piperidine rings is 1. The molecule has 4 aromatic rings. The van der Waals surface area contributed by atoms with Crippen molar-refractivity contribution in [1.29, 1.82) is 0 Å². The second kappa shape index (κ2) is 7.57. The van der Waals surface area contributed by atoms with E-state index in [2.05, 4.69) is 36.4 Å². The van der Waals surface area contributed by atoms with Gasteiger partial charge in [0.05, 0.1) is 34.8 Å². The summed E-state index contributed by atoms with van der Waals surface area (Å²) in [5.74, 6) is 0.905. The van der Waals surface area contributed by atoms with Gasteiger partial charge in [-0.05, 0) is 47.4 Å². The lowest BCUT2D eigenvalue weighted by Crippen LogP contribution is -2.29. The van der Waals surface area contributed by atoms with Crippen LogP contribution in [-0.4, -0.2) is 42.5 Å². The third-order valence-corrected chi connectivity index (χ3v) is 6.14. The third kappa shape index (κ3) is 3.40. The number of hydrogen-bond acceptors (Lipinski definition) is 6. The van der Waals surface area contributed by atoms with Gasteiger partial charge in [-0.1, -0.05) is 6.07 Å². The second-order valence-electron chi connectivity index (χ2n) is 7.28. The minimum absolute atomic E-state index is 0.333. The molecule has 0 aliphatic carbocycles. The summed E-state index contributed by atoms with van der Waals surface area (Å²) in [4.78, 5) is 9.34. The Morgan fingerprint density at radius 1 is 1.24 bits per heavy atom. The number of nitrogens with zero attached hydrogens (tertiary/aromatic N) is 6. The quantitative estimate of drug-likeness (QED) is 0.493. The van der Waals surface area contributed by atoms with E-state index in [0.29, 0.717) is 18.3 Å². The molecule has 1 aliphatic rings. The van der Waals surface area contributed by atoms with Crippen LogP contribution in [-0.2, 0) is 6.54 Å². The van der Waals surface area contributed by atoms with Gasteiger partial charge in [-0.2, -0.15) is 14.7 Å². The molecule has 3 N–H and O–H groups in total. The Labute approximate surface area is 176 Å². The van der Waals surface area contributed by atoms with Crippen molar-refractivity contribution in [2.24, 2.45) is 0 Å². The van der Waals surface area contributed by atoms with Crippen molar-refractivity contribution in [3.63, 3.8) is 0 Å². The number of aromatic nitrogens is 6. The number of nitrogens with two attached hydrogens (primary N) is 1. The van der Waals surface area contributed by atoms with Gasteiger partial charge < -0.3 is 11.1 Å². The number of hydrogen-bond donors (Lipinski definition) is 2. The van der Waals surface area contributed by atoms with E-state index in [4.69, 9.17) is 10.7 Å². The number of halogens is 1. The molecule has 0 radical (unpaired) electrons. The summed E-state index contributed by atoms with van der Waals surface area (Å²) in [6.45, 7) is 2.58. The summed E-state index contributed by atoms with van der Waals surface area (Å²) >= 11 is 3.64. The van der Waals surface area contributed by atoms with Gasteiger partial charge in [0.15, 0.2) is 5.65 Å². The van der Waals surface area contributed by atoms with Gasteiger partial charge in [0.2, 0.25) is 0 Å². The molecule has 9 heteroatoms. The highest BCUT2D eigenvalue weighted by Gasteiger charge is 2.24. The molecule has 0 spiro atoms. The van der Waals surface area contributed by atoms with Gasteiger partial charge in [-0.25, -0.2) is 4.98 Å². The van der Waals surface area contributed by atoms with Gasteiger partial charge in [-0.3, -0.25) is 9.67 Å². The highest BCUT2D eigenvalue weighted by Crippen LogP contribution is 2.34. The van der Waals surface area contributed by atoms with Crippen LogP contribution in [0.15, 0.2) is 47.5 Å². The average Bonchev–Trinajstić information content (AvgIpc) is 3.39. The summed E-state index contributed by atoms with van der Waals surface area (Å²) in [7, 11) is 0. The zero-order valence-electron chi connectivity index (χ0n) is 15.8. The number of pyridine rings is 1. The SMILES string of the molecule is Nc1c(Br)c(C2CCCNC2)nc2c(-c3cnn(Cc4ccccn4)c3)cnn12. The average molecular weight is 453 g/mol. The van der Waals surface area contributed by atoms with Crippen molar-refractivity contribution in [2.75, 3.05) is 18.8 Å². The van der Waals surface area contributed by atoms with Crippen molar-refractivity contribution < 1.29 is 0 Å². The molecule has 0 saturated carbocycles. The number of nitrogens with one attached hydrogen (secondary N) is 1. The fraction of sp³-hybridized carbons (Fsp3) is 0.300. The van der Waals surface area contributed by atoms with Crippen LogP contribution in [0, 0.1) is 0 Å². The second-order valence-corrected chi connectivity index (χ2v) is 8.07. The fourth-order valence-electron chi connectivity index (χ4n) is 3.82. The Bertz CT molecular complexity index is 1140. The molecule has 29 heavy (non-hydrogen) atoms. The van der Waals surface area contributed by atoms with Gasteiger partial charge in [0, 0.05) is 36.0 Å². The molecule has 1 atom stereocenters. The Morgan fingerprint density at radius 3 is 2.97 bits per heavy atom. The van der Waals surface area contributed by atoms with Crippen molar-refractivity contribution in [3.05, 3.63) is 58.8 Å². The minimum atomic E-state index is 0.333. The smallest absolute Gasteiger partial charge is 0.165 e. The van der Waals surface area contributed by atoms with Gasteiger partial charge in [0.1, 0.15) is 5.82 Å². The molecule has 0 aromatic carbocycles. The van der Waals surface area contributed by atoms with E-state index in [1.54, 1.807) is 16.9 Å². The topological polar surface area (TPSA) is 98.9 Å². The van der Waals surface area contributed by atoms with E-state index in [9.17, 15) is 0 Å². The Kier molecular flexibility index (Phi) is 4.76. The number of fused-ring (bicyclic) bond motifs is 1. The molecular formula is C20H21BrN8. The largest absolute Gasteiger partial charge is 0.383 e. The van der Waals surface area contributed by atoms with E-state index in [-0.39, 0.29) is 0 Å². The van der Waals surface area contributed by atoms with Crippen LogP contribution in [0.2, 0.25) is 0 Å². The maximum absolute atomic E-state index is 6.39. The number of rotatable bonds is 4. The molecule has 148 valence electrons. The van der Waals surface area contributed by atoms with Crippen molar-refractivity contribution in [1.82, 2.24) is 34.7 Å². The van der Waals surface area contributed by atoms with E-state index < -0.39 is 0 Å². The van der Waals surface area contributed by atoms with Gasteiger partial charge >= 0.3 is 0 Å². The Morgan fingerprint density at radius 2 is 2.17 bits per heavy atom. The molecule has 0 bridgehead atoms. The van der Waals surface area contributed by atoms with Crippen LogP contribution in [0.5, 0.6) is 0 Å². The van der Waals surface area contributed by atoms with Crippen LogP contribution in [0.3, 0.4) is 0 Å². The molecule has 4 aromatic heterocycles. The minimum Gasteiger partial charge on any atom is -0.383 e. The molecule has 5 rings (SSSR count). The summed E-state index contributed by atoms with van der Waals surface area (Å²) < 4.78 is 4.39. The summed E-state index contributed by atoms with van der Waals surface area (Å²) in [5, 5.41) is 12.4. The first kappa shape index (κ1) is 18.3. The summed E-state index contributed by atoms with van der Waals surface area (Å²) in [6.07, 6.45) is 9.65. The van der Waals surface area contributed by atoms with E-state index in [1.165, 1.54) is 0 Å². The molecule has 1 unspecified atom stereocenters. The first-order valence-electron chi connectivity index (χ1n) is 9.67. The first-order chi connectivity index (χ1) is 14.2. The monoisotopic (exact) mass is 452 g/mol. The fourth-order valence-corrected chi connectivity index (χ4v) is 4.40. The lowest BCUT2D eigenvalue weighted by molar-refractivity contribution is 0.453. The molecule has 8 nitrogen and oxygen atoms in total. The van der Waals surface area contributed by atoms with Gasteiger partial charge in [-0.15, -0.1) is 0 Å². The lowest BCUT2D eigenvalue weighted by Gasteiger charge is -2.23. The van der Waals surface area contributed by atoms with Crippen molar-refractivity contribution in [3.8, 4) is 11.1 Å². The zero-order valence-corrected chi connectivity index (χ0v) is 17.4. The standard InChI is InChI=1S/C20H21BrN8/c21-17-18(13-4-3-6-23-8-13)27-20-16(10-26-29(20)19(17)22)14-9-25-28(11-14)12-15-5-1-2-7-24-15/h1-2,5,7,9-11,13,23H,3-4,6,8,12,22H2. The maximum atomic E-state index is 6.39. The van der Waals surface area contributed by atoms with Crippen LogP contribution < -0.4 is 11.1 Å². The predicted molar refractivity (Wildman–Crippen MR) is 115 cm³/mol. The highest BCUT2D eigenvalue weighted by atomic mass is 79.9. The number of nitrogen functional groups attached to an aromatic ring is 1. The van der Waals surface area contributed by atoms with E-state index in [1.807, 2.05) is 35.3 Å². The molecule has 0 amide bonds. The maximum Gasteiger partial charge on any atom is 0.165 e. The third-order valence-electron chi connectivity index (χ3n) is 5.33. The zero-order chi connectivity index (χ0) is 19.8. The van der Waals surface area contributed by atoms with E-state index >= 15 is 0 Å². The Balaban J connectivity index is 1.53. The predicted octanol–water partition coefficient (Wildman–Crippen LogP) is 2.85. The summed E-state index contributed by atoms with van der Waals surface area (Å²) in [6, 6.07) is 5.87. The molecule has 1 aliphatic heterocycles. The number of anilines is 1. The first-order valence-corrected chi connectivity index (χ1v) is 10.5. The normalized spacial score (nSPS) is 17.1. The highest BCUT2D eigenvalue weighted by molar-refractivity contribution is 9.10. The molecule has 1 saturated heterocycles. The Hall–Kier alpha value is -2.78. The van der Waals surface area contributed by atoms with Crippen LogP contribution in [0.4, 0.5) is 5.82 Å². The molecule has 5 heterocycles. The molecular weight excluding hydrogens is 432 g/mol. The van der Waals surface area contributed by atoms with Crippen LogP contribution in [0.1, 0.15) is 30.1 Å². The lowest BCUT2D eigenvalue weighted by atomic mass is 9.96. The van der Waals surface area contributed by atoms with Gasteiger partial charge in [0.25, 0.3) is 0 Å². The van der Waals surface area contributed by atoms with Crippen LogP contribution >= 0.6 is 15.9 Å². The summed E-state index contributed by atoms with van der Waals surface area (Å²) in [5.41, 5.74) is 11.0. The van der Waals surface area contributed by atoms with Crippen molar-refractivity contribution >= 4 is 27.4 Å². The van der Waals surface area contributed by atoms with Crippen molar-refractivity contribution in [2.45, 2.75) is 25.3 Å².